The van der Waals surface area contributed by atoms with Gasteiger partial charge in [-0.1, -0.05) is 23.4 Å². The van der Waals surface area contributed by atoms with Gasteiger partial charge < -0.3 is 4.74 Å². The maximum absolute atomic E-state index is 12.0. The van der Waals surface area contributed by atoms with Crippen molar-refractivity contribution in [1.82, 2.24) is 9.88 Å². The third kappa shape index (κ3) is 4.35. The highest BCUT2D eigenvalue weighted by atomic mass is 35.5. The minimum atomic E-state index is -0.502. The monoisotopic (exact) mass is 327 g/mol. The Morgan fingerprint density at radius 1 is 1.48 bits per heavy atom. The second kappa shape index (κ2) is 6.23. The predicted molar refractivity (Wildman–Crippen MR) is 86.0 cm³/mol. The first-order chi connectivity index (χ1) is 9.76. The Balaban J connectivity index is 1.97. The number of nitrogens with zero attached hydrogens (tertiary/aromatic N) is 3. The SMILES string of the molecule is CN(C(=O)OC(C)(C)C)C1CN=C(c2ccc(Cl)nc2)S1. The van der Waals surface area contributed by atoms with Crippen molar-refractivity contribution in [2.24, 2.45) is 4.99 Å². The van der Waals surface area contributed by atoms with E-state index in [1.807, 2.05) is 26.8 Å². The molecule has 0 N–H and O–H groups in total. The van der Waals surface area contributed by atoms with E-state index in [0.29, 0.717) is 11.7 Å². The molecule has 1 aliphatic rings. The van der Waals surface area contributed by atoms with Crippen LogP contribution in [0.1, 0.15) is 26.3 Å². The quantitative estimate of drug-likeness (QED) is 0.781. The fraction of sp³-hybridized carbons (Fsp3) is 0.500. The van der Waals surface area contributed by atoms with Gasteiger partial charge in [0.2, 0.25) is 0 Å². The van der Waals surface area contributed by atoms with E-state index < -0.39 is 5.60 Å². The topological polar surface area (TPSA) is 54.8 Å². The number of aliphatic imine (C=N–C) groups is 1. The second-order valence-corrected chi connectivity index (χ2v) is 7.23. The molecule has 21 heavy (non-hydrogen) atoms. The minimum Gasteiger partial charge on any atom is -0.444 e. The Morgan fingerprint density at radius 3 is 2.76 bits per heavy atom. The molecule has 1 amide bonds. The smallest absolute Gasteiger partial charge is 0.411 e. The zero-order valence-corrected chi connectivity index (χ0v) is 14.0. The van der Waals surface area contributed by atoms with Crippen molar-refractivity contribution in [2.75, 3.05) is 13.6 Å². The molecule has 0 spiro atoms. The molecule has 0 aromatic carbocycles. The summed E-state index contributed by atoms with van der Waals surface area (Å²) >= 11 is 7.30. The summed E-state index contributed by atoms with van der Waals surface area (Å²) in [6.45, 7) is 6.09. The Kier molecular flexibility index (Phi) is 4.78. The van der Waals surface area contributed by atoms with Crippen LogP contribution in [-0.2, 0) is 4.74 Å². The van der Waals surface area contributed by atoms with Crippen LogP contribution in [0.3, 0.4) is 0 Å². The summed E-state index contributed by atoms with van der Waals surface area (Å²) in [6.07, 6.45) is 1.34. The van der Waals surface area contributed by atoms with E-state index in [0.717, 1.165) is 10.6 Å². The number of rotatable bonds is 2. The third-order valence-electron chi connectivity index (χ3n) is 2.73. The number of aromatic nitrogens is 1. The molecule has 0 saturated heterocycles. The van der Waals surface area contributed by atoms with Gasteiger partial charge in [-0.15, -0.1) is 0 Å². The largest absolute Gasteiger partial charge is 0.444 e. The van der Waals surface area contributed by atoms with Gasteiger partial charge in [-0.3, -0.25) is 9.89 Å². The van der Waals surface area contributed by atoms with Crippen molar-refractivity contribution < 1.29 is 9.53 Å². The lowest BCUT2D eigenvalue weighted by Crippen LogP contribution is -2.39. The molecule has 0 saturated carbocycles. The summed E-state index contributed by atoms with van der Waals surface area (Å²) in [5.74, 6) is 0. The van der Waals surface area contributed by atoms with Crippen molar-refractivity contribution in [1.29, 1.82) is 0 Å². The maximum Gasteiger partial charge on any atom is 0.411 e. The summed E-state index contributed by atoms with van der Waals surface area (Å²) in [5, 5.41) is 1.25. The molecule has 1 unspecified atom stereocenters. The number of carbonyl (C=O) groups is 1. The lowest BCUT2D eigenvalue weighted by molar-refractivity contribution is 0.0286. The number of ether oxygens (including phenoxy) is 1. The van der Waals surface area contributed by atoms with E-state index >= 15 is 0 Å². The summed E-state index contributed by atoms with van der Waals surface area (Å²) in [5.41, 5.74) is 0.405. The highest BCUT2D eigenvalue weighted by Gasteiger charge is 2.30. The van der Waals surface area contributed by atoms with Gasteiger partial charge in [0.1, 0.15) is 21.2 Å². The van der Waals surface area contributed by atoms with Gasteiger partial charge in [-0.25, -0.2) is 9.78 Å². The van der Waals surface area contributed by atoms with Gasteiger partial charge in [0, 0.05) is 18.8 Å². The molecule has 2 heterocycles. The van der Waals surface area contributed by atoms with Crippen LogP contribution in [0.5, 0.6) is 0 Å². The Labute approximate surface area is 133 Å². The highest BCUT2D eigenvalue weighted by Crippen LogP contribution is 2.28. The summed E-state index contributed by atoms with van der Waals surface area (Å²) in [6, 6.07) is 3.60. The third-order valence-corrected chi connectivity index (χ3v) is 4.28. The van der Waals surface area contributed by atoms with Gasteiger partial charge in [0.25, 0.3) is 0 Å². The molecular formula is C14H18ClN3O2S. The Bertz CT molecular complexity index is 554. The second-order valence-electron chi connectivity index (χ2n) is 5.68. The van der Waals surface area contributed by atoms with Crippen molar-refractivity contribution >= 4 is 34.5 Å². The molecule has 7 heteroatoms. The lowest BCUT2D eigenvalue weighted by Gasteiger charge is -2.27. The zero-order chi connectivity index (χ0) is 15.6. The number of thioether (sulfide) groups is 1. The van der Waals surface area contributed by atoms with Crippen LogP contribution in [0.15, 0.2) is 23.3 Å². The zero-order valence-electron chi connectivity index (χ0n) is 12.5. The first kappa shape index (κ1) is 16.1. The molecule has 0 aliphatic carbocycles. The number of hydrogen-bond donors (Lipinski definition) is 0. The molecule has 0 radical (unpaired) electrons. The summed E-state index contributed by atoms with van der Waals surface area (Å²) in [7, 11) is 1.73. The average molecular weight is 328 g/mol. The number of carbonyl (C=O) groups excluding carboxylic acids is 1. The van der Waals surface area contributed by atoms with Crippen molar-refractivity contribution in [3.05, 3.63) is 29.0 Å². The fourth-order valence-electron chi connectivity index (χ4n) is 1.68. The fourth-order valence-corrected chi connectivity index (χ4v) is 2.85. The molecule has 0 fully saturated rings. The van der Waals surface area contributed by atoms with Crippen LogP contribution in [-0.4, -0.2) is 45.6 Å². The Hall–Kier alpha value is -1.27. The van der Waals surface area contributed by atoms with Crippen LogP contribution in [0, 0.1) is 0 Å². The van der Waals surface area contributed by atoms with Crippen LogP contribution in [0.25, 0.3) is 0 Å². The lowest BCUT2D eigenvalue weighted by atomic mass is 10.2. The van der Waals surface area contributed by atoms with E-state index in [1.54, 1.807) is 24.2 Å². The molecule has 5 nitrogen and oxygen atoms in total. The summed E-state index contributed by atoms with van der Waals surface area (Å²) < 4.78 is 5.36. The van der Waals surface area contributed by atoms with Crippen molar-refractivity contribution in [2.45, 2.75) is 31.7 Å². The number of hydrogen-bond acceptors (Lipinski definition) is 5. The van der Waals surface area contributed by atoms with E-state index in [2.05, 4.69) is 9.98 Å². The highest BCUT2D eigenvalue weighted by molar-refractivity contribution is 8.15. The van der Waals surface area contributed by atoms with Crippen molar-refractivity contribution in [3.63, 3.8) is 0 Å². The standard InChI is InChI=1S/C14H18ClN3O2S/c1-14(2,3)20-13(19)18(4)11-8-17-12(21-11)9-5-6-10(15)16-7-9/h5-7,11H,8H2,1-4H3. The minimum absolute atomic E-state index is 0.0643. The van der Waals surface area contributed by atoms with E-state index in [9.17, 15) is 4.79 Å². The number of likely N-dealkylation sites (N-methyl/N-ethyl adjacent to an activating group) is 1. The molecule has 1 atom stereocenters. The predicted octanol–water partition coefficient (Wildman–Crippen LogP) is 3.42. The van der Waals surface area contributed by atoms with Crippen LogP contribution in [0.4, 0.5) is 4.79 Å². The molecule has 1 aromatic rings. The first-order valence-electron chi connectivity index (χ1n) is 6.55. The number of amides is 1. The molecular weight excluding hydrogens is 310 g/mol. The van der Waals surface area contributed by atoms with Crippen molar-refractivity contribution in [3.8, 4) is 0 Å². The molecule has 0 bridgehead atoms. The van der Waals surface area contributed by atoms with Gasteiger partial charge in [-0.05, 0) is 32.9 Å². The van der Waals surface area contributed by atoms with E-state index in [-0.39, 0.29) is 11.5 Å². The Morgan fingerprint density at radius 2 is 2.19 bits per heavy atom. The van der Waals surface area contributed by atoms with E-state index in [4.69, 9.17) is 16.3 Å². The van der Waals surface area contributed by atoms with E-state index in [1.165, 1.54) is 11.8 Å². The molecule has 114 valence electrons. The maximum atomic E-state index is 12.0. The van der Waals surface area contributed by atoms with Gasteiger partial charge in [-0.2, -0.15) is 0 Å². The normalized spacial score (nSPS) is 18.3. The first-order valence-corrected chi connectivity index (χ1v) is 7.81. The van der Waals surface area contributed by atoms with Crippen LogP contribution < -0.4 is 0 Å². The molecule has 1 aliphatic heterocycles. The molecule has 2 rings (SSSR count). The van der Waals surface area contributed by atoms with Crippen LogP contribution >= 0.6 is 23.4 Å². The number of halogens is 1. The van der Waals surface area contributed by atoms with Gasteiger partial charge in [0.15, 0.2) is 0 Å². The average Bonchev–Trinajstić information content (AvgIpc) is 2.86. The number of pyridine rings is 1. The molecule has 1 aromatic heterocycles. The van der Waals surface area contributed by atoms with Gasteiger partial charge in [0.05, 0.1) is 6.54 Å². The van der Waals surface area contributed by atoms with Crippen LogP contribution in [0.2, 0.25) is 5.15 Å². The summed E-state index contributed by atoms with van der Waals surface area (Å²) in [4.78, 5) is 22.1. The van der Waals surface area contributed by atoms with Gasteiger partial charge >= 0.3 is 6.09 Å².